The van der Waals surface area contributed by atoms with Crippen LogP contribution in [0.4, 0.5) is 10.1 Å². The molecule has 0 unspecified atom stereocenters. The number of nitrogens with zero attached hydrogens (tertiary/aromatic N) is 2. The summed E-state index contributed by atoms with van der Waals surface area (Å²) in [6, 6.07) is 12.8. The molecule has 4 rings (SSSR count). The topological polar surface area (TPSA) is 54.3 Å². The Hall–Kier alpha value is -2.99. The van der Waals surface area contributed by atoms with Crippen LogP contribution in [0.2, 0.25) is 0 Å². The van der Waals surface area contributed by atoms with Gasteiger partial charge in [-0.15, -0.1) is 0 Å². The summed E-state index contributed by atoms with van der Waals surface area (Å²) < 4.78 is 15.4. The molecule has 3 aromatic rings. The van der Waals surface area contributed by atoms with Crippen molar-refractivity contribution in [1.29, 1.82) is 0 Å². The monoisotopic (exact) mass is 421 g/mol. The highest BCUT2D eigenvalue weighted by atomic mass is 19.1. The van der Waals surface area contributed by atoms with Crippen molar-refractivity contribution in [3.05, 3.63) is 65.1 Å². The predicted octanol–water partition coefficient (Wildman–Crippen LogP) is 4.74. The number of fused-ring (bicyclic) bond motifs is 1. The number of aldehydes is 1. The van der Waals surface area contributed by atoms with Crippen molar-refractivity contribution in [2.75, 3.05) is 25.0 Å². The molecule has 1 fully saturated rings. The lowest BCUT2D eigenvalue weighted by Crippen LogP contribution is -2.36. The van der Waals surface area contributed by atoms with E-state index in [9.17, 15) is 14.0 Å². The number of carbonyl (C=O) groups excluding carboxylic acids is 2. The number of hydrogen-bond donors (Lipinski definition) is 1. The SMILES string of the molecule is CC(=O)Nc1ccc2c(C=O)c(C)n(C3CCN(CCc4ccc(F)cc4)CC3)c2c1. The first-order chi connectivity index (χ1) is 15.0. The number of carbonyl (C=O) groups is 2. The molecular weight excluding hydrogens is 393 g/mol. The minimum absolute atomic E-state index is 0.112. The summed E-state index contributed by atoms with van der Waals surface area (Å²) in [5, 5.41) is 3.78. The number of hydrogen-bond acceptors (Lipinski definition) is 3. The van der Waals surface area contributed by atoms with Gasteiger partial charge in [0.2, 0.25) is 5.91 Å². The zero-order valence-corrected chi connectivity index (χ0v) is 18.0. The number of aromatic nitrogens is 1. The third-order valence-corrected chi connectivity index (χ3v) is 6.29. The average molecular weight is 422 g/mol. The number of likely N-dealkylation sites (tertiary alicyclic amines) is 1. The molecule has 1 aliphatic heterocycles. The fourth-order valence-corrected chi connectivity index (χ4v) is 4.70. The number of rotatable bonds is 6. The maximum absolute atomic E-state index is 13.1. The standard InChI is InChI=1S/C25H28FN3O2/c1-17-24(16-30)23-8-7-21(27-18(2)31)15-25(23)29(17)22-10-13-28(14-11-22)12-9-19-3-5-20(26)6-4-19/h3-8,15-16,22H,9-14H2,1-2H3,(H,27,31). The molecule has 0 atom stereocenters. The fraction of sp³-hybridized carbons (Fsp3) is 0.360. The molecule has 0 saturated carbocycles. The number of nitrogens with one attached hydrogen (secondary N) is 1. The molecule has 0 radical (unpaired) electrons. The normalized spacial score (nSPS) is 15.3. The van der Waals surface area contributed by atoms with Crippen molar-refractivity contribution >= 4 is 28.8 Å². The van der Waals surface area contributed by atoms with Gasteiger partial charge >= 0.3 is 0 Å². The largest absolute Gasteiger partial charge is 0.341 e. The number of piperidine rings is 1. The molecule has 162 valence electrons. The zero-order valence-electron chi connectivity index (χ0n) is 18.0. The van der Waals surface area contributed by atoms with Crippen molar-refractivity contribution in [2.45, 2.75) is 39.2 Å². The van der Waals surface area contributed by atoms with Gasteiger partial charge < -0.3 is 14.8 Å². The molecule has 2 heterocycles. The van der Waals surface area contributed by atoms with Gasteiger partial charge in [-0.05, 0) is 56.0 Å². The summed E-state index contributed by atoms with van der Waals surface area (Å²) in [7, 11) is 0. The van der Waals surface area contributed by atoms with Crippen LogP contribution in [-0.4, -0.2) is 41.3 Å². The molecule has 31 heavy (non-hydrogen) atoms. The Labute approximate surface area is 181 Å². The summed E-state index contributed by atoms with van der Waals surface area (Å²) in [5.41, 5.74) is 4.60. The van der Waals surface area contributed by atoms with Crippen LogP contribution in [-0.2, 0) is 11.2 Å². The van der Waals surface area contributed by atoms with Crippen LogP contribution in [0.5, 0.6) is 0 Å². The van der Waals surface area contributed by atoms with Crippen LogP contribution < -0.4 is 5.32 Å². The Bertz CT molecular complexity index is 1100. The first-order valence-electron chi connectivity index (χ1n) is 10.8. The van der Waals surface area contributed by atoms with Crippen molar-refractivity contribution < 1.29 is 14.0 Å². The van der Waals surface area contributed by atoms with Crippen LogP contribution in [0.1, 0.15) is 47.4 Å². The van der Waals surface area contributed by atoms with E-state index in [2.05, 4.69) is 14.8 Å². The van der Waals surface area contributed by atoms with E-state index in [4.69, 9.17) is 0 Å². The van der Waals surface area contributed by atoms with Crippen molar-refractivity contribution in [3.8, 4) is 0 Å². The minimum atomic E-state index is -0.199. The molecule has 1 saturated heterocycles. The van der Waals surface area contributed by atoms with E-state index >= 15 is 0 Å². The van der Waals surface area contributed by atoms with E-state index in [-0.39, 0.29) is 11.7 Å². The van der Waals surface area contributed by atoms with E-state index in [0.717, 1.165) is 78.6 Å². The minimum Gasteiger partial charge on any atom is -0.341 e. The Balaban J connectivity index is 1.50. The van der Waals surface area contributed by atoms with E-state index in [1.54, 1.807) is 0 Å². The van der Waals surface area contributed by atoms with Gasteiger partial charge in [0.15, 0.2) is 6.29 Å². The van der Waals surface area contributed by atoms with Gasteiger partial charge in [0.25, 0.3) is 0 Å². The third kappa shape index (κ3) is 4.54. The highest BCUT2D eigenvalue weighted by Gasteiger charge is 2.25. The average Bonchev–Trinajstić information content (AvgIpc) is 3.03. The van der Waals surface area contributed by atoms with Crippen molar-refractivity contribution in [3.63, 3.8) is 0 Å². The van der Waals surface area contributed by atoms with Crippen LogP contribution in [0, 0.1) is 12.7 Å². The Morgan fingerprint density at radius 2 is 1.87 bits per heavy atom. The Morgan fingerprint density at radius 1 is 1.16 bits per heavy atom. The second-order valence-corrected chi connectivity index (χ2v) is 8.35. The Kier molecular flexibility index (Phi) is 6.18. The van der Waals surface area contributed by atoms with Gasteiger partial charge in [0.1, 0.15) is 5.82 Å². The van der Waals surface area contributed by atoms with Crippen LogP contribution in [0.15, 0.2) is 42.5 Å². The first-order valence-corrected chi connectivity index (χ1v) is 10.8. The second-order valence-electron chi connectivity index (χ2n) is 8.35. The van der Waals surface area contributed by atoms with E-state index in [0.29, 0.717) is 6.04 Å². The second kappa shape index (κ2) is 9.02. The molecule has 0 bridgehead atoms. The van der Waals surface area contributed by atoms with Crippen molar-refractivity contribution in [2.24, 2.45) is 0 Å². The third-order valence-electron chi connectivity index (χ3n) is 6.29. The van der Waals surface area contributed by atoms with Crippen molar-refractivity contribution in [1.82, 2.24) is 9.47 Å². The highest BCUT2D eigenvalue weighted by Crippen LogP contribution is 2.34. The lowest BCUT2D eigenvalue weighted by molar-refractivity contribution is -0.114. The summed E-state index contributed by atoms with van der Waals surface area (Å²) in [6.45, 7) is 6.41. The summed E-state index contributed by atoms with van der Waals surface area (Å²) >= 11 is 0. The maximum Gasteiger partial charge on any atom is 0.221 e. The number of halogens is 1. The molecule has 2 aromatic carbocycles. The molecule has 5 nitrogen and oxygen atoms in total. The van der Waals surface area contributed by atoms with E-state index < -0.39 is 0 Å². The van der Waals surface area contributed by atoms with Gasteiger partial charge in [-0.3, -0.25) is 9.59 Å². The smallest absolute Gasteiger partial charge is 0.221 e. The maximum atomic E-state index is 13.1. The molecule has 0 spiro atoms. The lowest BCUT2D eigenvalue weighted by Gasteiger charge is -2.34. The zero-order chi connectivity index (χ0) is 22.0. The molecule has 1 N–H and O–H groups in total. The lowest BCUT2D eigenvalue weighted by atomic mass is 10.0. The molecule has 1 aliphatic rings. The van der Waals surface area contributed by atoms with Crippen LogP contribution >= 0.6 is 0 Å². The molecular formula is C25H28FN3O2. The summed E-state index contributed by atoms with van der Waals surface area (Å²) in [6.07, 6.45) is 3.84. The number of benzene rings is 2. The molecule has 0 aliphatic carbocycles. The fourth-order valence-electron chi connectivity index (χ4n) is 4.70. The van der Waals surface area contributed by atoms with E-state index in [1.807, 2.05) is 37.3 Å². The van der Waals surface area contributed by atoms with Gasteiger partial charge in [-0.2, -0.15) is 0 Å². The highest BCUT2D eigenvalue weighted by molar-refractivity contribution is 6.01. The number of anilines is 1. The van der Waals surface area contributed by atoms with Gasteiger partial charge in [0.05, 0.1) is 5.52 Å². The first kappa shape index (κ1) is 21.2. The predicted molar refractivity (Wildman–Crippen MR) is 121 cm³/mol. The molecule has 1 aromatic heterocycles. The van der Waals surface area contributed by atoms with Gasteiger partial charge in [0, 0.05) is 54.9 Å². The number of amides is 1. The van der Waals surface area contributed by atoms with E-state index in [1.165, 1.54) is 19.1 Å². The van der Waals surface area contributed by atoms with Gasteiger partial charge in [-0.25, -0.2) is 4.39 Å². The molecule has 6 heteroatoms. The van der Waals surface area contributed by atoms with Crippen LogP contribution in [0.25, 0.3) is 10.9 Å². The molecule has 1 amide bonds. The van der Waals surface area contributed by atoms with Gasteiger partial charge in [-0.1, -0.05) is 18.2 Å². The summed E-state index contributed by atoms with van der Waals surface area (Å²) in [5.74, 6) is -0.311. The van der Waals surface area contributed by atoms with Crippen LogP contribution in [0.3, 0.4) is 0 Å². The summed E-state index contributed by atoms with van der Waals surface area (Å²) in [4.78, 5) is 25.7. The quantitative estimate of drug-likeness (QED) is 0.585. The Morgan fingerprint density at radius 3 is 2.52 bits per heavy atom.